The first-order valence-corrected chi connectivity index (χ1v) is 12.7. The molecule has 12 heteroatoms. The average molecular weight is 546 g/mol. The zero-order valence-electron chi connectivity index (χ0n) is 21.9. The molecular weight excluding hydrogens is 515 g/mol. The van der Waals surface area contributed by atoms with Crippen molar-refractivity contribution in [3.63, 3.8) is 0 Å². The highest BCUT2D eigenvalue weighted by atomic mass is 19.4. The number of alkyl halides is 3. The summed E-state index contributed by atoms with van der Waals surface area (Å²) in [7, 11) is 0. The van der Waals surface area contributed by atoms with E-state index in [4.69, 9.17) is 4.74 Å². The van der Waals surface area contributed by atoms with Crippen LogP contribution >= 0.6 is 0 Å². The number of carbonyl (C=O) groups excluding carboxylic acids is 1. The molecule has 0 unspecified atom stereocenters. The summed E-state index contributed by atoms with van der Waals surface area (Å²) in [4.78, 5) is 31.0. The van der Waals surface area contributed by atoms with Crippen LogP contribution in [0, 0.1) is 11.8 Å². The Hall–Kier alpha value is -3.96. The number of carbonyl (C=O) groups is 2. The van der Waals surface area contributed by atoms with Gasteiger partial charge in [0, 0.05) is 18.2 Å². The lowest BCUT2D eigenvalue weighted by atomic mass is 9.82. The lowest BCUT2D eigenvalue weighted by molar-refractivity contribution is -0.139. The van der Waals surface area contributed by atoms with Crippen molar-refractivity contribution < 1.29 is 32.6 Å². The van der Waals surface area contributed by atoms with Crippen molar-refractivity contribution in [2.75, 3.05) is 4.90 Å². The summed E-state index contributed by atoms with van der Waals surface area (Å²) in [6, 6.07) is 4.45. The standard InChI is InChI=1S/C27H30F3N5O4/c1-16(2)35(25(36)19-6-4-17(3)5-7-19)23-9-8-20(11-21(23)26(37)38)39-24-22(27(28,29)30)10-18(12-31-24)13-34-14-32-33-15-34/h8-12,14-17,19H,4-7,13H2,1-3H3,(H,37,38)/t17-,19-. The van der Waals surface area contributed by atoms with Crippen LogP contribution in [-0.4, -0.2) is 42.8 Å². The van der Waals surface area contributed by atoms with Gasteiger partial charge in [0.15, 0.2) is 0 Å². The number of rotatable bonds is 8. The second kappa shape index (κ2) is 11.4. The number of aromatic carboxylic acids is 1. The molecule has 4 rings (SSSR count). The fourth-order valence-electron chi connectivity index (χ4n) is 4.81. The van der Waals surface area contributed by atoms with Crippen LogP contribution in [-0.2, 0) is 17.5 Å². The van der Waals surface area contributed by atoms with E-state index in [-0.39, 0.29) is 47.0 Å². The van der Waals surface area contributed by atoms with Crippen LogP contribution < -0.4 is 9.64 Å². The van der Waals surface area contributed by atoms with Gasteiger partial charge in [0.25, 0.3) is 0 Å². The van der Waals surface area contributed by atoms with E-state index in [1.165, 1.54) is 40.5 Å². The molecule has 39 heavy (non-hydrogen) atoms. The predicted octanol–water partition coefficient (Wildman–Crippen LogP) is 5.80. The summed E-state index contributed by atoms with van der Waals surface area (Å²) in [6.07, 6.45) is 2.50. The number of aromatic nitrogens is 4. The minimum atomic E-state index is -4.78. The molecule has 0 aliphatic heterocycles. The summed E-state index contributed by atoms with van der Waals surface area (Å²) in [5, 5.41) is 17.2. The van der Waals surface area contributed by atoms with E-state index in [2.05, 4.69) is 22.1 Å². The number of hydrogen-bond donors (Lipinski definition) is 1. The van der Waals surface area contributed by atoms with E-state index in [9.17, 15) is 27.9 Å². The normalized spacial score (nSPS) is 17.7. The number of halogens is 3. The summed E-state index contributed by atoms with van der Waals surface area (Å²) in [5.41, 5.74) is -0.947. The number of amides is 1. The van der Waals surface area contributed by atoms with Crippen molar-refractivity contribution in [3.8, 4) is 11.6 Å². The minimum absolute atomic E-state index is 0.0696. The van der Waals surface area contributed by atoms with Crippen LogP contribution in [0.5, 0.6) is 11.6 Å². The zero-order valence-corrected chi connectivity index (χ0v) is 21.9. The Morgan fingerprint density at radius 1 is 1.13 bits per heavy atom. The minimum Gasteiger partial charge on any atom is -0.478 e. The van der Waals surface area contributed by atoms with Crippen LogP contribution in [0.1, 0.15) is 67.9 Å². The Labute approximate surface area is 223 Å². The predicted molar refractivity (Wildman–Crippen MR) is 136 cm³/mol. The molecule has 208 valence electrons. The third kappa shape index (κ3) is 6.55. The Morgan fingerprint density at radius 3 is 2.38 bits per heavy atom. The maximum absolute atomic E-state index is 13.9. The monoisotopic (exact) mass is 545 g/mol. The van der Waals surface area contributed by atoms with Gasteiger partial charge in [-0.3, -0.25) is 4.79 Å². The number of anilines is 1. The van der Waals surface area contributed by atoms with Gasteiger partial charge in [0.05, 0.1) is 17.8 Å². The topological polar surface area (TPSA) is 110 Å². The van der Waals surface area contributed by atoms with E-state index in [1.807, 2.05) is 0 Å². The number of carboxylic acids is 1. The first-order valence-electron chi connectivity index (χ1n) is 12.7. The molecule has 2 aromatic heterocycles. The average Bonchev–Trinajstić information content (AvgIpc) is 3.38. The lowest BCUT2D eigenvalue weighted by Crippen LogP contribution is -2.42. The van der Waals surface area contributed by atoms with Gasteiger partial charge in [-0.2, -0.15) is 13.2 Å². The first-order chi connectivity index (χ1) is 18.4. The van der Waals surface area contributed by atoms with Crippen LogP contribution in [0.4, 0.5) is 18.9 Å². The molecule has 3 aromatic rings. The summed E-state index contributed by atoms with van der Waals surface area (Å²) in [5.74, 6) is -2.02. The molecule has 0 spiro atoms. The highest BCUT2D eigenvalue weighted by Crippen LogP contribution is 2.39. The largest absolute Gasteiger partial charge is 0.478 e. The fraction of sp³-hybridized carbons (Fsp3) is 0.444. The maximum Gasteiger partial charge on any atom is 0.421 e. The number of pyridine rings is 1. The number of carboxylic acid groups (broad SMARTS) is 1. The number of ether oxygens (including phenoxy) is 1. The smallest absolute Gasteiger partial charge is 0.421 e. The van der Waals surface area contributed by atoms with Gasteiger partial charge >= 0.3 is 12.1 Å². The molecule has 1 fully saturated rings. The van der Waals surface area contributed by atoms with Crippen molar-refractivity contribution in [1.29, 1.82) is 0 Å². The van der Waals surface area contributed by atoms with Gasteiger partial charge in [-0.25, -0.2) is 9.78 Å². The molecule has 2 heterocycles. The maximum atomic E-state index is 13.9. The summed E-state index contributed by atoms with van der Waals surface area (Å²) in [6.45, 7) is 5.80. The molecule has 0 atom stereocenters. The summed E-state index contributed by atoms with van der Waals surface area (Å²) < 4.78 is 48.6. The van der Waals surface area contributed by atoms with Gasteiger partial charge in [-0.15, -0.1) is 10.2 Å². The van der Waals surface area contributed by atoms with Gasteiger partial charge in [-0.05, 0) is 75.3 Å². The Morgan fingerprint density at radius 2 is 1.79 bits per heavy atom. The van der Waals surface area contributed by atoms with Crippen molar-refractivity contribution >= 4 is 17.6 Å². The number of benzene rings is 1. The van der Waals surface area contributed by atoms with Gasteiger partial charge in [0.2, 0.25) is 11.8 Å². The Bertz CT molecular complexity index is 1320. The molecule has 1 aliphatic rings. The molecule has 1 N–H and O–H groups in total. The van der Waals surface area contributed by atoms with E-state index < -0.39 is 23.6 Å². The molecule has 0 saturated heterocycles. The van der Waals surface area contributed by atoms with Gasteiger partial charge in [0.1, 0.15) is 24.0 Å². The number of nitrogens with zero attached hydrogens (tertiary/aromatic N) is 5. The van der Waals surface area contributed by atoms with Crippen LogP contribution in [0.25, 0.3) is 0 Å². The lowest BCUT2D eigenvalue weighted by Gasteiger charge is -2.34. The molecule has 0 bridgehead atoms. The SMILES string of the molecule is CC(C)N(c1ccc(Oc2ncc(Cn3cnnc3)cc2C(F)(F)F)cc1C(=O)O)C(=O)[C@H]1CC[C@H](C)CC1. The Balaban J connectivity index is 1.65. The van der Waals surface area contributed by atoms with Crippen molar-refractivity contribution in [2.24, 2.45) is 11.8 Å². The molecule has 1 amide bonds. The van der Waals surface area contributed by atoms with E-state index in [1.54, 1.807) is 13.8 Å². The molecule has 9 nitrogen and oxygen atoms in total. The van der Waals surface area contributed by atoms with Gasteiger partial charge in [-0.1, -0.05) is 6.92 Å². The van der Waals surface area contributed by atoms with Crippen molar-refractivity contribution in [1.82, 2.24) is 19.7 Å². The van der Waals surface area contributed by atoms with Crippen molar-refractivity contribution in [2.45, 2.75) is 65.2 Å². The van der Waals surface area contributed by atoms with Crippen LogP contribution in [0.2, 0.25) is 0 Å². The van der Waals surface area contributed by atoms with E-state index in [0.29, 0.717) is 5.92 Å². The third-order valence-corrected chi connectivity index (χ3v) is 6.84. The zero-order chi connectivity index (χ0) is 28.3. The molecule has 1 aromatic carbocycles. The molecule has 1 saturated carbocycles. The quantitative estimate of drug-likeness (QED) is 0.381. The summed E-state index contributed by atoms with van der Waals surface area (Å²) >= 11 is 0. The highest BCUT2D eigenvalue weighted by molar-refractivity contribution is 6.03. The molecule has 1 aliphatic carbocycles. The molecule has 0 radical (unpaired) electrons. The van der Waals surface area contributed by atoms with Crippen LogP contribution in [0.15, 0.2) is 43.1 Å². The van der Waals surface area contributed by atoms with Gasteiger partial charge < -0.3 is 19.3 Å². The van der Waals surface area contributed by atoms with E-state index >= 15 is 0 Å². The first kappa shape index (κ1) is 28.1. The van der Waals surface area contributed by atoms with E-state index in [0.717, 1.165) is 37.8 Å². The van der Waals surface area contributed by atoms with Crippen LogP contribution in [0.3, 0.4) is 0 Å². The Kier molecular flexibility index (Phi) is 8.22. The second-order valence-corrected chi connectivity index (χ2v) is 10.2. The van der Waals surface area contributed by atoms with Crippen molar-refractivity contribution in [3.05, 3.63) is 59.8 Å². The number of hydrogen-bond acceptors (Lipinski definition) is 6. The fourth-order valence-corrected chi connectivity index (χ4v) is 4.81. The highest BCUT2D eigenvalue weighted by Gasteiger charge is 2.36. The third-order valence-electron chi connectivity index (χ3n) is 6.84. The molecular formula is C27H30F3N5O4. The second-order valence-electron chi connectivity index (χ2n) is 10.2.